The smallest absolute Gasteiger partial charge is 0.254 e. The van der Waals surface area contributed by atoms with E-state index in [0.717, 1.165) is 5.56 Å². The van der Waals surface area contributed by atoms with Gasteiger partial charge in [-0.2, -0.15) is 0 Å². The average molecular weight is 223 g/mol. The largest absolute Gasteiger partial charge is 0.349 e. The molecule has 0 aliphatic heterocycles. The molecular formula is C13H18FNO. The van der Waals surface area contributed by atoms with Crippen molar-refractivity contribution in [2.45, 2.75) is 33.7 Å². The average Bonchev–Trinajstić information content (AvgIpc) is 2.21. The van der Waals surface area contributed by atoms with Crippen molar-refractivity contribution in [2.75, 3.05) is 0 Å². The Labute approximate surface area is 95.9 Å². The maximum absolute atomic E-state index is 13.4. The molecule has 0 radical (unpaired) electrons. The fourth-order valence-corrected chi connectivity index (χ4v) is 1.26. The molecule has 16 heavy (non-hydrogen) atoms. The Hall–Kier alpha value is -1.38. The molecule has 1 amide bonds. The van der Waals surface area contributed by atoms with Crippen LogP contribution in [0.3, 0.4) is 0 Å². The number of rotatable bonds is 3. The first kappa shape index (κ1) is 12.7. The highest BCUT2D eigenvalue weighted by Crippen LogP contribution is 2.11. The highest BCUT2D eigenvalue weighted by Gasteiger charge is 2.15. The van der Waals surface area contributed by atoms with Gasteiger partial charge < -0.3 is 5.32 Å². The van der Waals surface area contributed by atoms with E-state index in [-0.39, 0.29) is 17.5 Å². The minimum atomic E-state index is -0.473. The molecule has 0 heterocycles. The molecule has 2 nitrogen and oxygen atoms in total. The second-order valence-electron chi connectivity index (χ2n) is 4.49. The van der Waals surface area contributed by atoms with Crippen molar-refractivity contribution in [1.29, 1.82) is 0 Å². The van der Waals surface area contributed by atoms with Crippen molar-refractivity contribution in [3.63, 3.8) is 0 Å². The molecule has 0 bridgehead atoms. The third-order valence-electron chi connectivity index (χ3n) is 2.73. The van der Waals surface area contributed by atoms with Gasteiger partial charge in [0.2, 0.25) is 0 Å². The Kier molecular flexibility index (Phi) is 4.05. The summed E-state index contributed by atoms with van der Waals surface area (Å²) < 4.78 is 13.4. The number of hydrogen-bond donors (Lipinski definition) is 1. The van der Waals surface area contributed by atoms with Crippen LogP contribution in [0.15, 0.2) is 18.2 Å². The molecule has 1 atom stereocenters. The molecule has 88 valence electrons. The quantitative estimate of drug-likeness (QED) is 0.838. The Morgan fingerprint density at radius 2 is 1.94 bits per heavy atom. The first-order chi connectivity index (χ1) is 7.41. The van der Waals surface area contributed by atoms with Crippen LogP contribution in [-0.4, -0.2) is 11.9 Å². The third-order valence-corrected chi connectivity index (χ3v) is 2.73. The molecule has 0 aliphatic carbocycles. The summed E-state index contributed by atoms with van der Waals surface area (Å²) in [6.45, 7) is 7.77. The van der Waals surface area contributed by atoms with E-state index >= 15 is 0 Å². The SMILES string of the molecule is Cc1ccc(F)c(C(=O)NC(C)C(C)C)c1. The van der Waals surface area contributed by atoms with Crippen LogP contribution in [0.25, 0.3) is 0 Å². The lowest BCUT2D eigenvalue weighted by Crippen LogP contribution is -2.36. The lowest BCUT2D eigenvalue weighted by atomic mass is 10.1. The Morgan fingerprint density at radius 3 is 2.50 bits per heavy atom. The third kappa shape index (κ3) is 3.05. The maximum atomic E-state index is 13.4. The van der Waals surface area contributed by atoms with Gasteiger partial charge in [0.25, 0.3) is 5.91 Å². The normalized spacial score (nSPS) is 12.6. The van der Waals surface area contributed by atoms with Crippen LogP contribution in [0.1, 0.15) is 36.7 Å². The molecule has 0 aromatic heterocycles. The van der Waals surface area contributed by atoms with Crippen molar-refractivity contribution >= 4 is 5.91 Å². The van der Waals surface area contributed by atoms with Crippen molar-refractivity contribution in [2.24, 2.45) is 5.92 Å². The van der Waals surface area contributed by atoms with Gasteiger partial charge >= 0.3 is 0 Å². The summed E-state index contributed by atoms with van der Waals surface area (Å²) in [4.78, 5) is 11.8. The number of amides is 1. The van der Waals surface area contributed by atoms with Gasteiger partial charge in [0.1, 0.15) is 5.82 Å². The molecular weight excluding hydrogens is 205 g/mol. The van der Waals surface area contributed by atoms with Crippen LogP contribution >= 0.6 is 0 Å². The van der Waals surface area contributed by atoms with Crippen molar-refractivity contribution in [3.8, 4) is 0 Å². The number of nitrogens with one attached hydrogen (secondary N) is 1. The molecule has 1 aromatic carbocycles. The van der Waals surface area contributed by atoms with Gasteiger partial charge in [-0.1, -0.05) is 25.5 Å². The first-order valence-corrected chi connectivity index (χ1v) is 5.49. The van der Waals surface area contributed by atoms with E-state index in [2.05, 4.69) is 5.32 Å². The first-order valence-electron chi connectivity index (χ1n) is 5.49. The Morgan fingerprint density at radius 1 is 1.31 bits per heavy atom. The van der Waals surface area contributed by atoms with Crippen LogP contribution < -0.4 is 5.32 Å². The second-order valence-corrected chi connectivity index (χ2v) is 4.49. The van der Waals surface area contributed by atoms with Gasteiger partial charge in [-0.05, 0) is 31.9 Å². The fourth-order valence-electron chi connectivity index (χ4n) is 1.26. The van der Waals surface area contributed by atoms with Gasteiger partial charge in [-0.25, -0.2) is 4.39 Å². The van der Waals surface area contributed by atoms with Crippen LogP contribution in [0.2, 0.25) is 0 Å². The Bertz CT molecular complexity index is 388. The predicted molar refractivity (Wildman–Crippen MR) is 62.9 cm³/mol. The zero-order valence-corrected chi connectivity index (χ0v) is 10.2. The van der Waals surface area contributed by atoms with Gasteiger partial charge in [-0.3, -0.25) is 4.79 Å². The number of carbonyl (C=O) groups is 1. The van der Waals surface area contributed by atoms with Crippen LogP contribution in [0.4, 0.5) is 4.39 Å². The summed E-state index contributed by atoms with van der Waals surface area (Å²) in [6, 6.07) is 4.58. The van der Waals surface area contributed by atoms with Crippen molar-refractivity contribution in [3.05, 3.63) is 35.1 Å². The fraction of sp³-hybridized carbons (Fsp3) is 0.462. The topological polar surface area (TPSA) is 29.1 Å². The summed E-state index contributed by atoms with van der Waals surface area (Å²) in [5.74, 6) is -0.488. The molecule has 1 aromatic rings. The van der Waals surface area contributed by atoms with Gasteiger partial charge in [0.05, 0.1) is 5.56 Å². The molecule has 1 unspecified atom stereocenters. The monoisotopic (exact) mass is 223 g/mol. The molecule has 0 saturated carbocycles. The van der Waals surface area contributed by atoms with Crippen LogP contribution in [0.5, 0.6) is 0 Å². The molecule has 1 rings (SSSR count). The van der Waals surface area contributed by atoms with Gasteiger partial charge in [0, 0.05) is 6.04 Å². The number of hydrogen-bond acceptors (Lipinski definition) is 1. The van der Waals surface area contributed by atoms with E-state index in [0.29, 0.717) is 5.92 Å². The molecule has 0 spiro atoms. The molecule has 0 saturated heterocycles. The predicted octanol–water partition coefficient (Wildman–Crippen LogP) is 2.91. The second kappa shape index (κ2) is 5.10. The van der Waals surface area contributed by atoms with E-state index in [1.54, 1.807) is 12.1 Å². The summed E-state index contributed by atoms with van der Waals surface area (Å²) in [5.41, 5.74) is 0.997. The highest BCUT2D eigenvalue weighted by molar-refractivity contribution is 5.94. The zero-order chi connectivity index (χ0) is 12.3. The van der Waals surface area contributed by atoms with Crippen LogP contribution in [-0.2, 0) is 0 Å². The zero-order valence-electron chi connectivity index (χ0n) is 10.2. The van der Waals surface area contributed by atoms with Gasteiger partial charge in [0.15, 0.2) is 0 Å². The molecule has 3 heteroatoms. The summed E-state index contributed by atoms with van der Waals surface area (Å²) in [7, 11) is 0. The highest BCUT2D eigenvalue weighted by atomic mass is 19.1. The van der Waals surface area contributed by atoms with E-state index in [1.807, 2.05) is 27.7 Å². The molecule has 0 aliphatic rings. The molecule has 0 fully saturated rings. The minimum Gasteiger partial charge on any atom is -0.349 e. The summed E-state index contributed by atoms with van der Waals surface area (Å²) in [6.07, 6.45) is 0. The van der Waals surface area contributed by atoms with E-state index < -0.39 is 5.82 Å². The van der Waals surface area contributed by atoms with Gasteiger partial charge in [-0.15, -0.1) is 0 Å². The van der Waals surface area contributed by atoms with Crippen molar-refractivity contribution in [1.82, 2.24) is 5.32 Å². The van der Waals surface area contributed by atoms with E-state index in [9.17, 15) is 9.18 Å². The lowest BCUT2D eigenvalue weighted by molar-refractivity contribution is 0.0926. The number of carbonyl (C=O) groups excluding carboxylic acids is 1. The lowest BCUT2D eigenvalue weighted by Gasteiger charge is -2.17. The summed E-state index contributed by atoms with van der Waals surface area (Å²) >= 11 is 0. The van der Waals surface area contributed by atoms with Crippen LogP contribution in [0, 0.1) is 18.7 Å². The van der Waals surface area contributed by atoms with E-state index in [1.165, 1.54) is 6.07 Å². The number of benzene rings is 1. The van der Waals surface area contributed by atoms with Crippen molar-refractivity contribution < 1.29 is 9.18 Å². The Balaban J connectivity index is 2.84. The molecule has 1 N–H and O–H groups in total. The standard InChI is InChI=1S/C13H18FNO/c1-8(2)10(4)15-13(16)11-7-9(3)5-6-12(11)14/h5-8,10H,1-4H3,(H,15,16). The summed E-state index contributed by atoms with van der Waals surface area (Å²) in [5, 5.41) is 2.78. The maximum Gasteiger partial charge on any atom is 0.254 e. The minimum absolute atomic E-state index is 0.0346. The number of halogens is 1. The number of aryl methyl sites for hydroxylation is 1. The van der Waals surface area contributed by atoms with E-state index in [4.69, 9.17) is 0 Å².